The molecule has 72 valence electrons. The molecule has 0 aromatic rings. The van der Waals surface area contributed by atoms with Gasteiger partial charge in [-0.15, -0.1) is 0 Å². The third-order valence-corrected chi connectivity index (χ3v) is 1.42. The van der Waals surface area contributed by atoms with Crippen LogP contribution in [0.15, 0.2) is 0 Å². The maximum atomic E-state index is 10.9. The molecule has 0 rings (SSSR count). The number of carboxylic acids is 1. The van der Waals surface area contributed by atoms with Crippen molar-refractivity contribution in [2.24, 2.45) is 0 Å². The van der Waals surface area contributed by atoms with E-state index in [0.717, 1.165) is 0 Å². The summed E-state index contributed by atoms with van der Waals surface area (Å²) in [6.45, 7) is 3.38. The number of carboxylic acid groups (broad SMARTS) is 1. The Morgan fingerprint density at radius 3 is 2.54 bits per heavy atom. The summed E-state index contributed by atoms with van der Waals surface area (Å²) in [6.07, 6.45) is 1.13. The highest BCUT2D eigenvalue weighted by Gasteiger charge is 2.17. The first-order chi connectivity index (χ1) is 6.11. The van der Waals surface area contributed by atoms with Crippen LogP contribution in [0.5, 0.6) is 0 Å². The van der Waals surface area contributed by atoms with Gasteiger partial charge in [0.05, 0.1) is 0 Å². The molecule has 0 radical (unpaired) electrons. The largest absolute Gasteiger partial charge is 0.480 e. The summed E-state index contributed by atoms with van der Waals surface area (Å²) in [5, 5.41) is 11.0. The first-order valence-corrected chi connectivity index (χ1v) is 4.07. The van der Waals surface area contributed by atoms with Crippen molar-refractivity contribution in [1.29, 1.82) is 0 Å². The summed E-state index contributed by atoms with van der Waals surface area (Å²) < 4.78 is 0. The lowest BCUT2D eigenvalue weighted by Gasteiger charge is -2.10. The number of carbonyl (C=O) groups excluding carboxylic acids is 1. The molecule has 1 amide bonds. The third kappa shape index (κ3) is 4.86. The van der Waals surface area contributed by atoms with Crippen LogP contribution in [0.1, 0.15) is 26.7 Å². The first-order valence-electron chi connectivity index (χ1n) is 4.07. The second-order valence-electron chi connectivity index (χ2n) is 2.53. The van der Waals surface area contributed by atoms with Crippen molar-refractivity contribution < 1.29 is 14.7 Å². The lowest BCUT2D eigenvalue weighted by atomic mass is 10.2. The molecule has 13 heavy (non-hydrogen) atoms. The van der Waals surface area contributed by atoms with E-state index >= 15 is 0 Å². The molecule has 0 aliphatic rings. The number of hydrogen-bond donors (Lipinski definition) is 2. The number of amides is 1. The summed E-state index contributed by atoms with van der Waals surface area (Å²) in [4.78, 5) is 21.5. The molecular formula is C9H13NO3. The number of aliphatic carboxylic acids is 1. The van der Waals surface area contributed by atoms with Gasteiger partial charge in [-0.1, -0.05) is 19.3 Å². The number of hydrogen-bond acceptors (Lipinski definition) is 2. The molecule has 0 saturated carbocycles. The molecule has 0 heterocycles. The third-order valence-electron chi connectivity index (χ3n) is 1.42. The van der Waals surface area contributed by atoms with Gasteiger partial charge in [0.15, 0.2) is 0 Å². The Bertz CT molecular complexity index is 249. The molecule has 4 nitrogen and oxygen atoms in total. The summed E-state index contributed by atoms with van der Waals surface area (Å²) >= 11 is 0. The second-order valence-corrected chi connectivity index (χ2v) is 2.53. The van der Waals surface area contributed by atoms with E-state index in [1.54, 1.807) is 0 Å². The molecule has 0 fully saturated rings. The Morgan fingerprint density at radius 1 is 1.54 bits per heavy atom. The van der Waals surface area contributed by atoms with Gasteiger partial charge >= 0.3 is 5.97 Å². The average Bonchev–Trinajstić information content (AvgIpc) is 2.04. The molecule has 0 saturated heterocycles. The van der Waals surface area contributed by atoms with Crippen molar-refractivity contribution >= 4 is 11.9 Å². The molecule has 0 aliphatic carbocycles. The molecule has 0 bridgehead atoms. The summed E-state index contributed by atoms with van der Waals surface area (Å²) in [6, 6.07) is -0.821. The van der Waals surface area contributed by atoms with Crippen LogP contribution in [0.2, 0.25) is 0 Å². The maximum absolute atomic E-state index is 10.9. The van der Waals surface area contributed by atoms with E-state index in [4.69, 9.17) is 5.11 Å². The fourth-order valence-electron chi connectivity index (χ4n) is 0.854. The normalized spacial score (nSPS) is 10.9. The van der Waals surface area contributed by atoms with E-state index in [9.17, 15) is 9.59 Å². The number of carbonyl (C=O) groups is 2. The molecule has 0 unspecified atom stereocenters. The predicted octanol–water partition coefficient (Wildman–Crippen LogP) is 0.379. The van der Waals surface area contributed by atoms with Crippen molar-refractivity contribution in [3.63, 3.8) is 0 Å². The van der Waals surface area contributed by atoms with Crippen molar-refractivity contribution in [2.75, 3.05) is 0 Å². The standard InChI is InChI=1S/C9H13NO3/c1-3-5-7(9(12)13)10-8(11)6-4-2/h7H,3,5H2,1-2H3,(H,10,11)(H,12,13)/t7-/m0/s1. The van der Waals surface area contributed by atoms with Crippen LogP contribution in [-0.2, 0) is 9.59 Å². The molecule has 0 aromatic heterocycles. The fraction of sp³-hybridized carbons (Fsp3) is 0.556. The highest BCUT2D eigenvalue weighted by atomic mass is 16.4. The molecular weight excluding hydrogens is 170 g/mol. The number of rotatable bonds is 4. The van der Waals surface area contributed by atoms with Gasteiger partial charge in [0.25, 0.3) is 5.91 Å². The van der Waals surface area contributed by atoms with Gasteiger partial charge in [0.1, 0.15) is 6.04 Å². The Kier molecular flexibility index (Phi) is 5.37. The Balaban J connectivity index is 4.14. The minimum Gasteiger partial charge on any atom is -0.480 e. The van der Waals surface area contributed by atoms with Gasteiger partial charge in [-0.05, 0) is 19.3 Å². The van der Waals surface area contributed by atoms with E-state index in [2.05, 4.69) is 17.2 Å². The van der Waals surface area contributed by atoms with Crippen LogP contribution < -0.4 is 5.32 Å². The number of nitrogens with one attached hydrogen (secondary N) is 1. The van der Waals surface area contributed by atoms with Crippen LogP contribution >= 0.6 is 0 Å². The topological polar surface area (TPSA) is 66.4 Å². The van der Waals surface area contributed by atoms with Gasteiger partial charge in [0.2, 0.25) is 0 Å². The van der Waals surface area contributed by atoms with E-state index in [1.165, 1.54) is 6.92 Å². The van der Waals surface area contributed by atoms with E-state index in [0.29, 0.717) is 12.8 Å². The quantitative estimate of drug-likeness (QED) is 0.619. The smallest absolute Gasteiger partial charge is 0.326 e. The van der Waals surface area contributed by atoms with Crippen molar-refractivity contribution in [3.05, 3.63) is 0 Å². The summed E-state index contributed by atoms with van der Waals surface area (Å²) in [7, 11) is 0. The van der Waals surface area contributed by atoms with Crippen LogP contribution in [0.3, 0.4) is 0 Å². The summed E-state index contributed by atoms with van der Waals surface area (Å²) in [5.41, 5.74) is 0. The van der Waals surface area contributed by atoms with Crippen molar-refractivity contribution in [1.82, 2.24) is 5.32 Å². The van der Waals surface area contributed by atoms with Gasteiger partial charge in [-0.25, -0.2) is 4.79 Å². The SMILES string of the molecule is CC#CC(=O)N[C@@H](CCC)C(=O)O. The Morgan fingerprint density at radius 2 is 2.15 bits per heavy atom. The maximum Gasteiger partial charge on any atom is 0.326 e. The van der Waals surface area contributed by atoms with Gasteiger partial charge in [-0.2, -0.15) is 0 Å². The van der Waals surface area contributed by atoms with Gasteiger partial charge in [-0.3, -0.25) is 4.79 Å². The Hall–Kier alpha value is -1.50. The monoisotopic (exact) mass is 183 g/mol. The van der Waals surface area contributed by atoms with Crippen LogP contribution in [0.4, 0.5) is 0 Å². The van der Waals surface area contributed by atoms with Crippen molar-refractivity contribution in [2.45, 2.75) is 32.7 Å². The minimum absolute atomic E-state index is 0.423. The van der Waals surface area contributed by atoms with E-state index in [1.807, 2.05) is 6.92 Å². The fourth-order valence-corrected chi connectivity index (χ4v) is 0.854. The summed E-state index contributed by atoms with van der Waals surface area (Å²) in [5.74, 6) is 3.07. The highest BCUT2D eigenvalue weighted by molar-refractivity contribution is 5.95. The molecule has 0 aromatic carbocycles. The predicted molar refractivity (Wildman–Crippen MR) is 47.9 cm³/mol. The zero-order valence-electron chi connectivity index (χ0n) is 7.76. The van der Waals surface area contributed by atoms with Gasteiger partial charge in [0, 0.05) is 0 Å². The van der Waals surface area contributed by atoms with Crippen LogP contribution in [0, 0.1) is 11.8 Å². The van der Waals surface area contributed by atoms with Crippen LogP contribution in [0.25, 0.3) is 0 Å². The average molecular weight is 183 g/mol. The van der Waals surface area contributed by atoms with E-state index in [-0.39, 0.29) is 0 Å². The molecule has 1 atom stereocenters. The zero-order chi connectivity index (χ0) is 10.3. The first kappa shape index (κ1) is 11.5. The van der Waals surface area contributed by atoms with E-state index < -0.39 is 17.9 Å². The minimum atomic E-state index is -1.02. The lowest BCUT2D eigenvalue weighted by molar-refractivity contribution is -0.141. The Labute approximate surface area is 77.3 Å². The molecule has 0 aliphatic heterocycles. The van der Waals surface area contributed by atoms with Gasteiger partial charge < -0.3 is 10.4 Å². The highest BCUT2D eigenvalue weighted by Crippen LogP contribution is 1.96. The van der Waals surface area contributed by atoms with Crippen LogP contribution in [-0.4, -0.2) is 23.0 Å². The second kappa shape index (κ2) is 6.06. The zero-order valence-corrected chi connectivity index (χ0v) is 7.76. The molecule has 0 spiro atoms. The lowest BCUT2D eigenvalue weighted by Crippen LogP contribution is -2.39. The molecule has 4 heteroatoms. The molecule has 2 N–H and O–H groups in total. The van der Waals surface area contributed by atoms with Crippen molar-refractivity contribution in [3.8, 4) is 11.8 Å².